The molecule has 0 amide bonds. The highest BCUT2D eigenvalue weighted by Crippen LogP contribution is 2.37. The first kappa shape index (κ1) is 18.7. The fraction of sp³-hybridized carbons (Fsp3) is 0.286. The summed E-state index contributed by atoms with van der Waals surface area (Å²) in [5.74, 6) is 1.86. The van der Waals surface area contributed by atoms with Gasteiger partial charge in [-0.3, -0.25) is 4.98 Å². The van der Waals surface area contributed by atoms with Crippen LogP contribution >= 0.6 is 11.3 Å². The first-order valence-electron chi connectivity index (χ1n) is 9.91. The van der Waals surface area contributed by atoms with E-state index >= 15 is 0 Å². The summed E-state index contributed by atoms with van der Waals surface area (Å²) in [4.78, 5) is 13.4. The van der Waals surface area contributed by atoms with Gasteiger partial charge in [-0.1, -0.05) is 24.2 Å². The van der Waals surface area contributed by atoms with Crippen LogP contribution in [0.15, 0.2) is 42.7 Å². The van der Waals surface area contributed by atoms with Gasteiger partial charge in [-0.25, -0.2) is 9.97 Å². The predicted octanol–water partition coefficient (Wildman–Crippen LogP) is 5.03. The predicted molar refractivity (Wildman–Crippen MR) is 118 cm³/mol. The van der Waals surface area contributed by atoms with Crippen molar-refractivity contribution in [3.05, 3.63) is 47.7 Å². The van der Waals surface area contributed by atoms with E-state index in [-0.39, 0.29) is 0 Å². The smallest absolute Gasteiger partial charge is 0.213 e. The maximum absolute atomic E-state index is 5.09. The monoisotopic (exact) mass is 419 g/mol. The molecule has 0 radical (unpaired) electrons. The molecular formula is C21H21N7OS. The van der Waals surface area contributed by atoms with Crippen LogP contribution in [-0.2, 0) is 0 Å². The molecule has 1 aliphatic rings. The van der Waals surface area contributed by atoms with Crippen LogP contribution in [0.2, 0.25) is 0 Å². The van der Waals surface area contributed by atoms with Gasteiger partial charge in [-0.15, -0.1) is 10.2 Å². The number of pyridine rings is 3. The van der Waals surface area contributed by atoms with E-state index in [9.17, 15) is 0 Å². The molecule has 8 nitrogen and oxygen atoms in total. The van der Waals surface area contributed by atoms with Crippen LogP contribution < -0.4 is 15.4 Å². The number of hydrogen-bond acceptors (Lipinski definition) is 9. The fourth-order valence-corrected chi connectivity index (χ4v) is 4.54. The van der Waals surface area contributed by atoms with Crippen molar-refractivity contribution in [2.45, 2.75) is 31.6 Å². The number of aromatic nitrogens is 5. The third-order valence-corrected chi connectivity index (χ3v) is 6.15. The number of nitrogens with one attached hydrogen (secondary N) is 2. The van der Waals surface area contributed by atoms with Gasteiger partial charge in [0.05, 0.1) is 41.9 Å². The van der Waals surface area contributed by atoms with Gasteiger partial charge < -0.3 is 15.4 Å². The molecular weight excluding hydrogens is 398 g/mol. The number of nitrogens with zero attached hydrogens (tertiary/aromatic N) is 5. The normalized spacial score (nSPS) is 14.2. The Labute approximate surface area is 177 Å². The van der Waals surface area contributed by atoms with Crippen molar-refractivity contribution in [3.8, 4) is 5.88 Å². The van der Waals surface area contributed by atoms with Crippen molar-refractivity contribution < 1.29 is 4.74 Å². The summed E-state index contributed by atoms with van der Waals surface area (Å²) < 4.78 is 5.09. The van der Waals surface area contributed by atoms with Gasteiger partial charge in [0.15, 0.2) is 0 Å². The SMILES string of the molecule is COc1ccc(Nc2cnc3ccc(Nc4nnc(C5CCCC5)s4)nc3c2)cn1. The zero-order valence-electron chi connectivity index (χ0n) is 16.5. The Morgan fingerprint density at radius 3 is 2.60 bits per heavy atom. The minimum atomic E-state index is 0.563. The highest BCUT2D eigenvalue weighted by atomic mass is 32.1. The summed E-state index contributed by atoms with van der Waals surface area (Å²) in [5.41, 5.74) is 3.29. The van der Waals surface area contributed by atoms with Gasteiger partial charge in [0.2, 0.25) is 11.0 Å². The lowest BCUT2D eigenvalue weighted by Gasteiger charge is -2.08. The summed E-state index contributed by atoms with van der Waals surface area (Å²) >= 11 is 1.62. The highest BCUT2D eigenvalue weighted by molar-refractivity contribution is 7.15. The lowest BCUT2D eigenvalue weighted by Crippen LogP contribution is -1.96. The molecule has 0 aromatic carbocycles. The van der Waals surface area contributed by atoms with Crippen molar-refractivity contribution in [1.82, 2.24) is 25.1 Å². The van der Waals surface area contributed by atoms with Gasteiger partial charge in [-0.2, -0.15) is 0 Å². The van der Waals surface area contributed by atoms with Crippen molar-refractivity contribution in [2.24, 2.45) is 0 Å². The van der Waals surface area contributed by atoms with Crippen molar-refractivity contribution in [2.75, 3.05) is 17.7 Å². The zero-order chi connectivity index (χ0) is 20.3. The summed E-state index contributed by atoms with van der Waals surface area (Å²) in [6.45, 7) is 0. The Balaban J connectivity index is 1.33. The van der Waals surface area contributed by atoms with Crippen LogP contribution in [0.5, 0.6) is 5.88 Å². The fourth-order valence-electron chi connectivity index (χ4n) is 3.62. The van der Waals surface area contributed by atoms with Gasteiger partial charge >= 0.3 is 0 Å². The molecule has 9 heteroatoms. The van der Waals surface area contributed by atoms with Gasteiger partial charge in [0.1, 0.15) is 10.8 Å². The molecule has 4 aromatic heterocycles. The first-order chi connectivity index (χ1) is 14.8. The molecule has 0 aliphatic heterocycles. The summed E-state index contributed by atoms with van der Waals surface area (Å²) in [6, 6.07) is 9.52. The second-order valence-corrected chi connectivity index (χ2v) is 8.23. The van der Waals surface area contributed by atoms with E-state index in [1.165, 1.54) is 25.7 Å². The molecule has 1 saturated carbocycles. The highest BCUT2D eigenvalue weighted by Gasteiger charge is 2.21. The van der Waals surface area contributed by atoms with Crippen LogP contribution in [-0.4, -0.2) is 32.3 Å². The van der Waals surface area contributed by atoms with Crippen molar-refractivity contribution in [1.29, 1.82) is 0 Å². The van der Waals surface area contributed by atoms with Crippen molar-refractivity contribution in [3.63, 3.8) is 0 Å². The minimum absolute atomic E-state index is 0.563. The molecule has 4 heterocycles. The number of methoxy groups -OCH3 is 1. The van der Waals surface area contributed by atoms with Gasteiger partial charge in [0.25, 0.3) is 0 Å². The van der Waals surface area contributed by atoms with E-state index in [2.05, 4.69) is 30.8 Å². The molecule has 0 bridgehead atoms. The van der Waals surface area contributed by atoms with Crippen LogP contribution in [0.3, 0.4) is 0 Å². The Bertz CT molecular complexity index is 1160. The Morgan fingerprint density at radius 2 is 1.80 bits per heavy atom. The van der Waals surface area contributed by atoms with Gasteiger partial charge in [0, 0.05) is 12.0 Å². The quantitative estimate of drug-likeness (QED) is 0.449. The van der Waals surface area contributed by atoms with E-state index in [4.69, 9.17) is 9.72 Å². The topological polar surface area (TPSA) is 97.7 Å². The van der Waals surface area contributed by atoms with Crippen LogP contribution in [0.1, 0.15) is 36.6 Å². The average Bonchev–Trinajstić information content (AvgIpc) is 3.46. The summed E-state index contributed by atoms with van der Waals surface area (Å²) in [7, 11) is 1.59. The number of ether oxygens (including phenoxy) is 1. The maximum atomic E-state index is 5.09. The van der Waals surface area contributed by atoms with E-state index in [1.807, 2.05) is 24.3 Å². The second-order valence-electron chi connectivity index (χ2n) is 7.22. The van der Waals surface area contributed by atoms with E-state index < -0.39 is 0 Å². The Morgan fingerprint density at radius 1 is 0.933 bits per heavy atom. The molecule has 0 unspecified atom stereocenters. The summed E-state index contributed by atoms with van der Waals surface area (Å²) in [5, 5.41) is 17.1. The van der Waals surface area contributed by atoms with E-state index in [0.29, 0.717) is 11.8 Å². The molecule has 0 spiro atoms. The molecule has 0 atom stereocenters. The summed E-state index contributed by atoms with van der Waals surface area (Å²) in [6.07, 6.45) is 8.50. The molecule has 5 rings (SSSR count). The average molecular weight is 420 g/mol. The molecule has 152 valence electrons. The van der Waals surface area contributed by atoms with Gasteiger partial charge in [-0.05, 0) is 37.1 Å². The van der Waals surface area contributed by atoms with Crippen molar-refractivity contribution >= 4 is 44.7 Å². The number of anilines is 4. The Kier molecular flexibility index (Phi) is 5.10. The minimum Gasteiger partial charge on any atom is -0.481 e. The first-order valence-corrected chi connectivity index (χ1v) is 10.7. The molecule has 2 N–H and O–H groups in total. The molecule has 1 aliphatic carbocycles. The number of fused-ring (bicyclic) bond motifs is 1. The molecule has 4 aromatic rings. The lowest BCUT2D eigenvalue weighted by molar-refractivity contribution is 0.398. The number of hydrogen-bond donors (Lipinski definition) is 2. The van der Waals surface area contributed by atoms with E-state index in [0.717, 1.165) is 38.4 Å². The molecule has 0 saturated heterocycles. The largest absolute Gasteiger partial charge is 0.481 e. The molecule has 30 heavy (non-hydrogen) atoms. The standard InChI is InChI=1S/C21H21N7OS/c1-29-19-9-6-14(11-23-19)24-15-10-17-16(22-12-15)7-8-18(25-17)26-21-28-27-20(30-21)13-4-2-3-5-13/h6-13,24H,2-5H2,1H3,(H,25,26,28). The van der Waals surface area contributed by atoms with Crippen LogP contribution in [0.4, 0.5) is 22.3 Å². The van der Waals surface area contributed by atoms with Crippen LogP contribution in [0.25, 0.3) is 11.0 Å². The van der Waals surface area contributed by atoms with E-state index in [1.54, 1.807) is 36.9 Å². The second kappa shape index (κ2) is 8.19. The maximum Gasteiger partial charge on any atom is 0.213 e. The van der Waals surface area contributed by atoms with Crippen LogP contribution in [0, 0.1) is 0 Å². The zero-order valence-corrected chi connectivity index (χ0v) is 17.3. The number of rotatable bonds is 6. The lowest BCUT2D eigenvalue weighted by atomic mass is 10.1. The molecule has 1 fully saturated rings. The third kappa shape index (κ3) is 4.02. The Hall–Kier alpha value is -3.33. The third-order valence-electron chi connectivity index (χ3n) is 5.15.